The number of hydrogen-bond donors (Lipinski definition) is 0. The van der Waals surface area contributed by atoms with Crippen LogP contribution < -0.4 is 0 Å². The van der Waals surface area contributed by atoms with Crippen LogP contribution in [-0.2, 0) is 23.1 Å². The van der Waals surface area contributed by atoms with Crippen molar-refractivity contribution in [1.29, 1.82) is 0 Å². The molecule has 2 heterocycles. The molecule has 0 spiro atoms. The van der Waals surface area contributed by atoms with Gasteiger partial charge >= 0.3 is 0 Å². The first-order valence-corrected chi connectivity index (χ1v) is 8.01. The molecular weight excluding hydrogens is 266 g/mol. The molecule has 5 heteroatoms. The van der Waals surface area contributed by atoms with Crippen LogP contribution in [0.2, 0.25) is 0 Å². The van der Waals surface area contributed by atoms with E-state index in [1.165, 1.54) is 0 Å². The third-order valence-corrected chi connectivity index (χ3v) is 5.92. The lowest BCUT2D eigenvalue weighted by Crippen LogP contribution is -2.25. The lowest BCUT2D eigenvalue weighted by molar-refractivity contribution is 0.432. The summed E-state index contributed by atoms with van der Waals surface area (Å²) in [6.07, 6.45) is 0. The van der Waals surface area contributed by atoms with Gasteiger partial charge in [0.15, 0.2) is 0 Å². The Kier molecular flexibility index (Phi) is 2.77. The van der Waals surface area contributed by atoms with Crippen molar-refractivity contribution in [3.63, 3.8) is 0 Å². The van der Waals surface area contributed by atoms with E-state index < -0.39 is 10.0 Å². The van der Waals surface area contributed by atoms with Gasteiger partial charge in [-0.2, -0.15) is 4.31 Å². The molecule has 0 N–H and O–H groups in total. The maximum atomic E-state index is 12.4. The van der Waals surface area contributed by atoms with E-state index in [1.54, 1.807) is 27.8 Å². The predicted molar refractivity (Wildman–Crippen MR) is 71.9 cm³/mol. The summed E-state index contributed by atoms with van der Waals surface area (Å²) in [6, 6.07) is 9.02. The molecule has 0 atom stereocenters. The van der Waals surface area contributed by atoms with E-state index in [1.807, 2.05) is 30.5 Å². The first kappa shape index (κ1) is 11.9. The van der Waals surface area contributed by atoms with E-state index >= 15 is 0 Å². The quantitative estimate of drug-likeness (QED) is 0.847. The minimum atomic E-state index is -3.35. The summed E-state index contributed by atoms with van der Waals surface area (Å²) in [5, 5.41) is 2.01. The Labute approximate surface area is 111 Å². The Hall–Kier alpha value is -1.17. The van der Waals surface area contributed by atoms with Crippen molar-refractivity contribution < 1.29 is 8.42 Å². The monoisotopic (exact) mass is 279 g/mol. The van der Waals surface area contributed by atoms with Crippen molar-refractivity contribution >= 4 is 21.4 Å². The summed E-state index contributed by atoms with van der Waals surface area (Å²) in [6.45, 7) is 2.95. The highest BCUT2D eigenvalue weighted by atomic mass is 32.2. The van der Waals surface area contributed by atoms with Gasteiger partial charge in [-0.15, -0.1) is 11.3 Å². The lowest BCUT2D eigenvalue weighted by atomic mass is 10.2. The van der Waals surface area contributed by atoms with Gasteiger partial charge in [0.2, 0.25) is 10.0 Å². The van der Waals surface area contributed by atoms with E-state index in [2.05, 4.69) is 0 Å². The number of rotatable bonds is 2. The highest BCUT2D eigenvalue weighted by Crippen LogP contribution is 2.31. The summed E-state index contributed by atoms with van der Waals surface area (Å²) in [5.74, 6) is 0. The Morgan fingerprint density at radius 3 is 2.50 bits per heavy atom. The number of nitrogens with zero attached hydrogens (tertiary/aromatic N) is 1. The number of sulfonamides is 1. The van der Waals surface area contributed by atoms with Gasteiger partial charge < -0.3 is 0 Å². The highest BCUT2D eigenvalue weighted by molar-refractivity contribution is 7.89. The fourth-order valence-corrected chi connectivity index (χ4v) is 4.46. The van der Waals surface area contributed by atoms with Crippen LogP contribution in [0, 0.1) is 6.92 Å². The maximum absolute atomic E-state index is 12.4. The average molecular weight is 279 g/mol. The molecule has 18 heavy (non-hydrogen) atoms. The van der Waals surface area contributed by atoms with Crippen molar-refractivity contribution in [2.24, 2.45) is 0 Å². The smallest absolute Gasteiger partial charge is 0.207 e. The number of hydrogen-bond acceptors (Lipinski definition) is 3. The second kappa shape index (κ2) is 4.19. The number of thiophene rings is 1. The van der Waals surface area contributed by atoms with Crippen molar-refractivity contribution in [3.8, 4) is 0 Å². The predicted octanol–water partition coefficient (Wildman–Crippen LogP) is 2.76. The van der Waals surface area contributed by atoms with Crippen molar-refractivity contribution in [3.05, 3.63) is 51.7 Å². The summed E-state index contributed by atoms with van der Waals surface area (Å²) in [7, 11) is -3.35. The van der Waals surface area contributed by atoms with E-state index in [0.717, 1.165) is 16.0 Å². The first-order chi connectivity index (χ1) is 8.57. The molecule has 0 bridgehead atoms. The molecule has 3 rings (SSSR count). The molecule has 0 radical (unpaired) electrons. The normalized spacial score (nSPS) is 15.8. The molecule has 0 saturated carbocycles. The maximum Gasteiger partial charge on any atom is 0.243 e. The van der Waals surface area contributed by atoms with Crippen LogP contribution in [0.25, 0.3) is 0 Å². The topological polar surface area (TPSA) is 37.4 Å². The first-order valence-electron chi connectivity index (χ1n) is 5.69. The molecule has 0 amide bonds. The molecule has 1 aliphatic heterocycles. The standard InChI is InChI=1S/C13H13NO2S2/c1-10-2-4-12(5-3-10)18(15,16)14-8-11-6-7-17-13(11)9-14/h2-7H,8-9H2,1H3. The summed E-state index contributed by atoms with van der Waals surface area (Å²) in [5.41, 5.74) is 2.20. The van der Waals surface area contributed by atoms with Crippen LogP contribution in [0.5, 0.6) is 0 Å². The zero-order chi connectivity index (χ0) is 12.8. The Morgan fingerprint density at radius 1 is 1.11 bits per heavy atom. The number of aryl methyl sites for hydroxylation is 1. The minimum absolute atomic E-state index is 0.378. The molecule has 94 valence electrons. The molecule has 2 aromatic rings. The van der Waals surface area contributed by atoms with E-state index in [9.17, 15) is 8.42 Å². The average Bonchev–Trinajstić information content (AvgIpc) is 2.89. The van der Waals surface area contributed by atoms with Crippen LogP contribution in [0.4, 0.5) is 0 Å². The minimum Gasteiger partial charge on any atom is -0.207 e. The van der Waals surface area contributed by atoms with Gasteiger partial charge in [-0.3, -0.25) is 0 Å². The van der Waals surface area contributed by atoms with Crippen molar-refractivity contribution in [2.45, 2.75) is 24.9 Å². The highest BCUT2D eigenvalue weighted by Gasteiger charge is 2.31. The zero-order valence-corrected chi connectivity index (χ0v) is 11.6. The molecule has 0 aliphatic carbocycles. The lowest BCUT2D eigenvalue weighted by Gasteiger charge is -2.15. The zero-order valence-electron chi connectivity index (χ0n) is 9.96. The second-order valence-corrected chi connectivity index (χ2v) is 7.39. The van der Waals surface area contributed by atoms with Crippen molar-refractivity contribution in [1.82, 2.24) is 4.31 Å². The SMILES string of the molecule is Cc1ccc(S(=O)(=O)N2Cc3ccsc3C2)cc1. The Morgan fingerprint density at radius 2 is 1.83 bits per heavy atom. The van der Waals surface area contributed by atoms with Gasteiger partial charge in [-0.1, -0.05) is 17.7 Å². The molecule has 3 nitrogen and oxygen atoms in total. The largest absolute Gasteiger partial charge is 0.243 e. The number of benzene rings is 1. The van der Waals surface area contributed by atoms with Gasteiger partial charge in [0, 0.05) is 18.0 Å². The van der Waals surface area contributed by atoms with Gasteiger partial charge in [-0.25, -0.2) is 8.42 Å². The number of fused-ring (bicyclic) bond motifs is 1. The molecule has 0 unspecified atom stereocenters. The molecule has 1 aromatic heterocycles. The van der Waals surface area contributed by atoms with Gasteiger partial charge in [0.1, 0.15) is 0 Å². The second-order valence-electron chi connectivity index (χ2n) is 4.46. The Bertz CT molecular complexity index is 651. The van der Waals surface area contributed by atoms with Crippen molar-refractivity contribution in [2.75, 3.05) is 0 Å². The molecular formula is C13H13NO2S2. The van der Waals surface area contributed by atoms with Crippen LogP contribution in [0.15, 0.2) is 40.6 Å². The van der Waals surface area contributed by atoms with Crippen LogP contribution in [-0.4, -0.2) is 12.7 Å². The fraction of sp³-hybridized carbons (Fsp3) is 0.231. The fourth-order valence-electron chi connectivity index (χ4n) is 2.08. The third kappa shape index (κ3) is 1.88. The molecule has 0 fully saturated rings. The Balaban J connectivity index is 1.93. The van der Waals surface area contributed by atoms with Gasteiger partial charge in [-0.05, 0) is 36.1 Å². The summed E-state index contributed by atoms with van der Waals surface area (Å²) in [4.78, 5) is 1.54. The van der Waals surface area contributed by atoms with Crippen LogP contribution >= 0.6 is 11.3 Å². The third-order valence-electron chi connectivity index (χ3n) is 3.16. The van der Waals surface area contributed by atoms with Crippen LogP contribution in [0.3, 0.4) is 0 Å². The molecule has 1 aliphatic rings. The van der Waals surface area contributed by atoms with Gasteiger partial charge in [0.25, 0.3) is 0 Å². The molecule has 1 aromatic carbocycles. The summed E-state index contributed by atoms with van der Waals surface area (Å²) >= 11 is 1.62. The van der Waals surface area contributed by atoms with E-state index in [0.29, 0.717) is 18.0 Å². The van der Waals surface area contributed by atoms with E-state index in [4.69, 9.17) is 0 Å². The molecule has 0 saturated heterocycles. The summed E-state index contributed by atoms with van der Waals surface area (Å²) < 4.78 is 26.4. The van der Waals surface area contributed by atoms with Crippen LogP contribution in [0.1, 0.15) is 16.0 Å². The van der Waals surface area contributed by atoms with E-state index in [-0.39, 0.29) is 0 Å². The van der Waals surface area contributed by atoms with Gasteiger partial charge in [0.05, 0.1) is 4.90 Å².